The fraction of sp³-hybridized carbons (Fsp3) is 0.0667. The lowest BCUT2D eigenvalue weighted by molar-refractivity contribution is 0.658. The molecule has 0 spiro atoms. The zero-order valence-electron chi connectivity index (χ0n) is 27.0. The average molecular weight is 619 g/mol. The fourth-order valence-corrected chi connectivity index (χ4v) is 7.46. The van der Waals surface area contributed by atoms with Gasteiger partial charge < -0.3 is 14.2 Å². The number of hydrogen-bond donors (Lipinski definition) is 0. The van der Waals surface area contributed by atoms with Crippen LogP contribution in [0.2, 0.25) is 0 Å². The maximum Gasteiger partial charge on any atom is 0.136 e. The lowest BCUT2D eigenvalue weighted by Gasteiger charge is -2.28. The molecule has 0 radical (unpaired) electrons. The smallest absolute Gasteiger partial charge is 0.136 e. The van der Waals surface area contributed by atoms with E-state index in [0.717, 1.165) is 56.1 Å². The van der Waals surface area contributed by atoms with Gasteiger partial charge in [0.1, 0.15) is 11.2 Å². The molecule has 9 rings (SSSR count). The van der Waals surface area contributed by atoms with E-state index in [1.165, 1.54) is 22.3 Å². The van der Waals surface area contributed by atoms with Crippen molar-refractivity contribution in [3.63, 3.8) is 0 Å². The zero-order chi connectivity index (χ0) is 32.2. The predicted octanol–water partition coefficient (Wildman–Crippen LogP) is 12.8. The number of hydrogen-bond acceptors (Lipinski definition) is 3. The van der Waals surface area contributed by atoms with Crippen LogP contribution in [0, 0.1) is 0 Å². The van der Waals surface area contributed by atoms with E-state index in [4.69, 9.17) is 4.42 Å². The molecule has 7 aromatic carbocycles. The van der Waals surface area contributed by atoms with Crippen LogP contribution in [0.15, 0.2) is 174 Å². The molecule has 0 fully saturated rings. The van der Waals surface area contributed by atoms with Gasteiger partial charge in [0, 0.05) is 50.3 Å². The number of para-hydroxylation sites is 4. The molecule has 48 heavy (non-hydrogen) atoms. The van der Waals surface area contributed by atoms with Crippen LogP contribution in [0.5, 0.6) is 0 Å². The van der Waals surface area contributed by atoms with E-state index in [1.54, 1.807) is 0 Å². The standard InChI is InChI=1S/C45H34N2O/c1-45(2)41-28-36(47(33-19-11-5-12-20-33)34-21-13-6-14-22-34)23-25-37(41)38-30-44-40(29-42(38)45)39-27-35(24-26-43(39)48-44)46(31-15-7-3-8-16-31)32-17-9-4-10-18-32/h3-30H,1-2H3. The summed E-state index contributed by atoms with van der Waals surface area (Å²) in [6, 6.07) is 60.4. The molecule has 230 valence electrons. The number of nitrogens with zero attached hydrogens (tertiary/aromatic N) is 2. The molecule has 1 heterocycles. The first-order valence-electron chi connectivity index (χ1n) is 16.5. The van der Waals surface area contributed by atoms with Crippen LogP contribution >= 0.6 is 0 Å². The molecular weight excluding hydrogens is 585 g/mol. The summed E-state index contributed by atoms with van der Waals surface area (Å²) in [5, 5.41) is 2.26. The maximum atomic E-state index is 6.56. The van der Waals surface area contributed by atoms with E-state index < -0.39 is 0 Å². The number of benzene rings is 7. The zero-order valence-corrected chi connectivity index (χ0v) is 27.0. The summed E-state index contributed by atoms with van der Waals surface area (Å²) in [6.07, 6.45) is 0. The Labute approximate surface area is 280 Å². The third-order valence-corrected chi connectivity index (χ3v) is 9.81. The molecule has 0 N–H and O–H groups in total. The Kier molecular flexibility index (Phi) is 6.48. The van der Waals surface area contributed by atoms with Crippen LogP contribution in [0.1, 0.15) is 25.0 Å². The Balaban J connectivity index is 1.17. The van der Waals surface area contributed by atoms with Crippen LogP contribution in [0.25, 0.3) is 33.1 Å². The number of rotatable bonds is 6. The first-order valence-corrected chi connectivity index (χ1v) is 16.5. The Hall–Kier alpha value is -6.06. The highest BCUT2D eigenvalue weighted by atomic mass is 16.3. The number of anilines is 6. The van der Waals surface area contributed by atoms with Gasteiger partial charge in [-0.25, -0.2) is 0 Å². The molecule has 0 aliphatic heterocycles. The highest BCUT2D eigenvalue weighted by Gasteiger charge is 2.37. The minimum absolute atomic E-state index is 0.199. The maximum absolute atomic E-state index is 6.56. The van der Waals surface area contributed by atoms with Gasteiger partial charge in [0.05, 0.1) is 0 Å². The van der Waals surface area contributed by atoms with Gasteiger partial charge in [-0.1, -0.05) is 92.7 Å². The number of furan rings is 1. The van der Waals surface area contributed by atoms with E-state index in [-0.39, 0.29) is 5.41 Å². The van der Waals surface area contributed by atoms with Crippen molar-refractivity contribution < 1.29 is 4.42 Å². The molecule has 3 heteroatoms. The molecule has 0 bridgehead atoms. The second kappa shape index (κ2) is 11.0. The normalized spacial score (nSPS) is 13.0. The minimum atomic E-state index is -0.199. The van der Waals surface area contributed by atoms with Crippen molar-refractivity contribution in [1.82, 2.24) is 0 Å². The van der Waals surface area contributed by atoms with Gasteiger partial charge >= 0.3 is 0 Å². The molecule has 1 aliphatic carbocycles. The highest BCUT2D eigenvalue weighted by molar-refractivity contribution is 6.09. The monoisotopic (exact) mass is 618 g/mol. The van der Waals surface area contributed by atoms with Crippen molar-refractivity contribution >= 4 is 56.1 Å². The highest BCUT2D eigenvalue weighted by Crippen LogP contribution is 2.52. The predicted molar refractivity (Wildman–Crippen MR) is 201 cm³/mol. The molecule has 1 aromatic heterocycles. The summed E-state index contributed by atoms with van der Waals surface area (Å²) >= 11 is 0. The first-order chi connectivity index (χ1) is 23.6. The molecular formula is C45H34N2O. The molecule has 1 aliphatic rings. The fourth-order valence-electron chi connectivity index (χ4n) is 7.46. The summed E-state index contributed by atoms with van der Waals surface area (Å²) in [5.41, 5.74) is 13.5. The van der Waals surface area contributed by atoms with Gasteiger partial charge in [-0.05, 0) is 113 Å². The quantitative estimate of drug-likeness (QED) is 0.185. The van der Waals surface area contributed by atoms with Gasteiger partial charge in [0.25, 0.3) is 0 Å². The molecule has 0 saturated heterocycles. The Morgan fingerprint density at radius 2 is 0.812 bits per heavy atom. The summed E-state index contributed by atoms with van der Waals surface area (Å²) in [6.45, 7) is 4.70. The van der Waals surface area contributed by atoms with Gasteiger partial charge in [0.15, 0.2) is 0 Å². The Morgan fingerprint density at radius 3 is 1.33 bits per heavy atom. The Bertz CT molecular complexity index is 2330. The van der Waals surface area contributed by atoms with Gasteiger partial charge in [0.2, 0.25) is 0 Å². The largest absolute Gasteiger partial charge is 0.456 e. The topological polar surface area (TPSA) is 19.6 Å². The molecule has 0 atom stereocenters. The van der Waals surface area contributed by atoms with Crippen molar-refractivity contribution in [2.45, 2.75) is 19.3 Å². The van der Waals surface area contributed by atoms with Crippen molar-refractivity contribution in [3.8, 4) is 11.1 Å². The van der Waals surface area contributed by atoms with E-state index in [9.17, 15) is 0 Å². The third-order valence-electron chi connectivity index (χ3n) is 9.81. The van der Waals surface area contributed by atoms with Gasteiger partial charge in [-0.2, -0.15) is 0 Å². The summed E-state index contributed by atoms with van der Waals surface area (Å²) in [5.74, 6) is 0. The average Bonchev–Trinajstić information content (AvgIpc) is 3.60. The first kappa shape index (κ1) is 28.2. The summed E-state index contributed by atoms with van der Waals surface area (Å²) in [7, 11) is 0. The lowest BCUT2D eigenvalue weighted by Crippen LogP contribution is -2.16. The molecule has 8 aromatic rings. The summed E-state index contributed by atoms with van der Waals surface area (Å²) < 4.78 is 6.56. The Morgan fingerprint density at radius 1 is 0.375 bits per heavy atom. The van der Waals surface area contributed by atoms with Crippen LogP contribution < -0.4 is 9.80 Å². The molecule has 3 nitrogen and oxygen atoms in total. The van der Waals surface area contributed by atoms with E-state index in [2.05, 4.69) is 194 Å². The van der Waals surface area contributed by atoms with Crippen molar-refractivity contribution in [2.24, 2.45) is 0 Å². The van der Waals surface area contributed by atoms with Crippen molar-refractivity contribution in [2.75, 3.05) is 9.80 Å². The van der Waals surface area contributed by atoms with Gasteiger partial charge in [-0.3, -0.25) is 0 Å². The van der Waals surface area contributed by atoms with Gasteiger partial charge in [-0.15, -0.1) is 0 Å². The molecule has 0 saturated carbocycles. The van der Waals surface area contributed by atoms with E-state index >= 15 is 0 Å². The molecule has 0 amide bonds. The van der Waals surface area contributed by atoms with Crippen LogP contribution in [0.4, 0.5) is 34.1 Å². The SMILES string of the molecule is CC1(C)c2cc(N(c3ccccc3)c3ccccc3)ccc2-c2cc3oc4ccc(N(c5ccccc5)c5ccccc5)cc4c3cc21. The van der Waals surface area contributed by atoms with E-state index in [0.29, 0.717) is 0 Å². The number of fused-ring (bicyclic) bond motifs is 6. The second-order valence-corrected chi connectivity index (χ2v) is 13.0. The van der Waals surface area contributed by atoms with Crippen LogP contribution in [0.3, 0.4) is 0 Å². The van der Waals surface area contributed by atoms with Crippen LogP contribution in [-0.2, 0) is 5.41 Å². The third kappa shape index (κ3) is 4.51. The lowest BCUT2D eigenvalue weighted by atomic mass is 9.82. The van der Waals surface area contributed by atoms with E-state index in [1.807, 2.05) is 0 Å². The van der Waals surface area contributed by atoms with Crippen molar-refractivity contribution in [1.29, 1.82) is 0 Å². The minimum Gasteiger partial charge on any atom is -0.456 e. The van der Waals surface area contributed by atoms with Crippen LogP contribution in [-0.4, -0.2) is 0 Å². The summed E-state index contributed by atoms with van der Waals surface area (Å²) in [4.78, 5) is 4.64. The van der Waals surface area contributed by atoms with Crippen molar-refractivity contribution in [3.05, 3.63) is 181 Å². The molecule has 0 unspecified atom stereocenters. The second-order valence-electron chi connectivity index (χ2n) is 13.0.